The first kappa shape index (κ1) is 13.9. The number of hydrogen-bond acceptors (Lipinski definition) is 2. The molecular weight excluding hydrogens is 212 g/mol. The molecule has 2 N–H and O–H groups in total. The van der Waals surface area contributed by atoms with E-state index in [0.29, 0.717) is 11.8 Å². The van der Waals surface area contributed by atoms with Gasteiger partial charge in [0, 0.05) is 5.56 Å². The minimum absolute atomic E-state index is 0.219. The average Bonchev–Trinajstić information content (AvgIpc) is 2.14. The molecule has 0 spiro atoms. The van der Waals surface area contributed by atoms with Crippen LogP contribution in [0.15, 0.2) is 18.2 Å². The van der Waals surface area contributed by atoms with Crippen LogP contribution in [0, 0.1) is 11.8 Å². The molecule has 1 rings (SSSR count). The topological polar surface area (TPSA) is 40.5 Å². The number of aromatic hydroxyl groups is 2. The van der Waals surface area contributed by atoms with Crippen LogP contribution in [-0.2, 0) is 0 Å². The normalized spacial score (nSPS) is 11.7. The molecule has 0 unspecified atom stereocenters. The van der Waals surface area contributed by atoms with E-state index in [4.69, 9.17) is 0 Å². The highest BCUT2D eigenvalue weighted by molar-refractivity contribution is 5.45. The molecule has 0 aromatic heterocycles. The molecule has 2 nitrogen and oxygen atoms in total. The Balaban J connectivity index is 3.03. The van der Waals surface area contributed by atoms with Gasteiger partial charge in [-0.1, -0.05) is 33.8 Å². The Morgan fingerprint density at radius 2 is 1.29 bits per heavy atom. The Morgan fingerprint density at radius 1 is 0.882 bits per heavy atom. The van der Waals surface area contributed by atoms with Crippen molar-refractivity contribution in [1.82, 2.24) is 0 Å². The molecule has 96 valence electrons. The van der Waals surface area contributed by atoms with E-state index in [9.17, 15) is 10.2 Å². The molecule has 0 atom stereocenters. The SMILES string of the molecule is CC(C)CC(CC(C)C)c1c(O)cccc1O. The summed E-state index contributed by atoms with van der Waals surface area (Å²) in [4.78, 5) is 0. The Bertz CT molecular complexity index is 326. The first-order valence-electron chi connectivity index (χ1n) is 6.42. The molecule has 2 heteroatoms. The van der Waals surface area contributed by atoms with Crippen LogP contribution in [0.1, 0.15) is 52.0 Å². The number of rotatable bonds is 5. The van der Waals surface area contributed by atoms with Crippen LogP contribution in [-0.4, -0.2) is 10.2 Å². The molecule has 1 aromatic carbocycles. The lowest BCUT2D eigenvalue weighted by Crippen LogP contribution is -2.07. The van der Waals surface area contributed by atoms with Crippen LogP contribution in [0.4, 0.5) is 0 Å². The van der Waals surface area contributed by atoms with E-state index in [0.717, 1.165) is 18.4 Å². The molecule has 1 aromatic rings. The summed E-state index contributed by atoms with van der Waals surface area (Å²) in [6.45, 7) is 8.68. The van der Waals surface area contributed by atoms with Crippen molar-refractivity contribution in [2.75, 3.05) is 0 Å². The number of hydrogen-bond donors (Lipinski definition) is 2. The standard InChI is InChI=1S/C15H24O2/c1-10(2)8-12(9-11(3)4)15-13(16)6-5-7-14(15)17/h5-7,10-12,16-17H,8-9H2,1-4H3. The molecule has 0 heterocycles. The van der Waals surface area contributed by atoms with Crippen LogP contribution in [0.25, 0.3) is 0 Å². The third-order valence-corrected chi connectivity index (χ3v) is 2.98. The van der Waals surface area contributed by atoms with E-state index in [2.05, 4.69) is 27.7 Å². The minimum atomic E-state index is 0.219. The van der Waals surface area contributed by atoms with Gasteiger partial charge in [0.25, 0.3) is 0 Å². The maximum Gasteiger partial charge on any atom is 0.122 e. The summed E-state index contributed by atoms with van der Waals surface area (Å²) in [6.07, 6.45) is 1.98. The molecule has 0 aliphatic heterocycles. The number of benzene rings is 1. The maximum absolute atomic E-state index is 9.93. The zero-order chi connectivity index (χ0) is 13.0. The fraction of sp³-hybridized carbons (Fsp3) is 0.600. The van der Waals surface area contributed by atoms with Gasteiger partial charge in [0.15, 0.2) is 0 Å². The fourth-order valence-corrected chi connectivity index (χ4v) is 2.43. The summed E-state index contributed by atoms with van der Waals surface area (Å²) in [5, 5.41) is 19.9. The van der Waals surface area contributed by atoms with Crippen molar-refractivity contribution >= 4 is 0 Å². The summed E-state index contributed by atoms with van der Waals surface area (Å²) < 4.78 is 0. The predicted octanol–water partition coefficient (Wildman–Crippen LogP) is 4.27. The quantitative estimate of drug-likeness (QED) is 0.801. The Hall–Kier alpha value is -1.18. The van der Waals surface area contributed by atoms with Gasteiger partial charge < -0.3 is 10.2 Å². The van der Waals surface area contributed by atoms with Crippen LogP contribution in [0.2, 0.25) is 0 Å². The van der Waals surface area contributed by atoms with Crippen molar-refractivity contribution < 1.29 is 10.2 Å². The minimum Gasteiger partial charge on any atom is -0.508 e. The lowest BCUT2D eigenvalue weighted by molar-refractivity contribution is 0.380. The van der Waals surface area contributed by atoms with E-state index in [1.807, 2.05) is 0 Å². The zero-order valence-corrected chi connectivity index (χ0v) is 11.3. The Labute approximate surface area is 104 Å². The second-order valence-corrected chi connectivity index (χ2v) is 5.67. The Kier molecular flexibility index (Phi) is 4.86. The highest BCUT2D eigenvalue weighted by Crippen LogP contribution is 2.40. The molecule has 0 aliphatic carbocycles. The van der Waals surface area contributed by atoms with E-state index >= 15 is 0 Å². The molecular formula is C15H24O2. The molecule has 0 bridgehead atoms. The van der Waals surface area contributed by atoms with Gasteiger partial charge in [-0.3, -0.25) is 0 Å². The summed E-state index contributed by atoms with van der Waals surface area (Å²) >= 11 is 0. The molecule has 0 aliphatic rings. The van der Waals surface area contributed by atoms with E-state index < -0.39 is 0 Å². The lowest BCUT2D eigenvalue weighted by atomic mass is 9.83. The average molecular weight is 236 g/mol. The van der Waals surface area contributed by atoms with Gasteiger partial charge in [-0.25, -0.2) is 0 Å². The summed E-state index contributed by atoms with van der Waals surface area (Å²) in [6, 6.07) is 4.99. The summed E-state index contributed by atoms with van der Waals surface area (Å²) in [5.74, 6) is 1.78. The monoisotopic (exact) mass is 236 g/mol. The molecule has 0 fully saturated rings. The van der Waals surface area contributed by atoms with E-state index in [-0.39, 0.29) is 17.4 Å². The van der Waals surface area contributed by atoms with Gasteiger partial charge in [-0.15, -0.1) is 0 Å². The first-order chi connectivity index (χ1) is 7.91. The van der Waals surface area contributed by atoms with E-state index in [1.165, 1.54) is 0 Å². The van der Waals surface area contributed by atoms with E-state index in [1.54, 1.807) is 18.2 Å². The number of phenols is 2. The molecule has 0 saturated heterocycles. The maximum atomic E-state index is 9.93. The number of phenolic OH excluding ortho intramolecular Hbond substituents is 2. The van der Waals surface area contributed by atoms with Gasteiger partial charge in [0.2, 0.25) is 0 Å². The highest BCUT2D eigenvalue weighted by Gasteiger charge is 2.21. The van der Waals surface area contributed by atoms with Crippen LogP contribution >= 0.6 is 0 Å². The van der Waals surface area contributed by atoms with Gasteiger partial charge in [-0.05, 0) is 42.7 Å². The summed E-state index contributed by atoms with van der Waals surface area (Å²) in [7, 11) is 0. The predicted molar refractivity (Wildman–Crippen MR) is 71.4 cm³/mol. The van der Waals surface area contributed by atoms with Crippen molar-refractivity contribution in [2.24, 2.45) is 11.8 Å². The molecule has 0 saturated carbocycles. The van der Waals surface area contributed by atoms with Crippen molar-refractivity contribution in [1.29, 1.82) is 0 Å². The second-order valence-electron chi connectivity index (χ2n) is 5.67. The fourth-order valence-electron chi connectivity index (χ4n) is 2.43. The van der Waals surface area contributed by atoms with Gasteiger partial charge >= 0.3 is 0 Å². The smallest absolute Gasteiger partial charge is 0.122 e. The van der Waals surface area contributed by atoms with Crippen molar-refractivity contribution in [3.8, 4) is 11.5 Å². The largest absolute Gasteiger partial charge is 0.508 e. The first-order valence-corrected chi connectivity index (χ1v) is 6.42. The van der Waals surface area contributed by atoms with Crippen LogP contribution < -0.4 is 0 Å². The Morgan fingerprint density at radius 3 is 1.65 bits per heavy atom. The van der Waals surface area contributed by atoms with Crippen molar-refractivity contribution in [3.05, 3.63) is 23.8 Å². The van der Waals surface area contributed by atoms with Crippen molar-refractivity contribution in [2.45, 2.75) is 46.5 Å². The summed E-state index contributed by atoms with van der Waals surface area (Å²) in [5.41, 5.74) is 0.718. The van der Waals surface area contributed by atoms with Crippen LogP contribution in [0.5, 0.6) is 11.5 Å². The molecule has 17 heavy (non-hydrogen) atoms. The van der Waals surface area contributed by atoms with Crippen LogP contribution in [0.3, 0.4) is 0 Å². The zero-order valence-electron chi connectivity index (χ0n) is 11.3. The third-order valence-electron chi connectivity index (χ3n) is 2.98. The van der Waals surface area contributed by atoms with Gasteiger partial charge in [-0.2, -0.15) is 0 Å². The van der Waals surface area contributed by atoms with Gasteiger partial charge in [0.1, 0.15) is 11.5 Å². The molecule has 0 radical (unpaired) electrons. The highest BCUT2D eigenvalue weighted by atomic mass is 16.3. The van der Waals surface area contributed by atoms with Crippen molar-refractivity contribution in [3.63, 3.8) is 0 Å². The molecule has 0 amide bonds. The second kappa shape index (κ2) is 5.95. The van der Waals surface area contributed by atoms with Gasteiger partial charge in [0.05, 0.1) is 0 Å². The lowest BCUT2D eigenvalue weighted by Gasteiger charge is -2.23. The third kappa shape index (κ3) is 3.95.